The van der Waals surface area contributed by atoms with Gasteiger partial charge >= 0.3 is 0 Å². The van der Waals surface area contributed by atoms with Crippen molar-refractivity contribution in [2.45, 2.75) is 13.8 Å². The number of rotatable bonds is 4. The molecule has 0 atom stereocenters. The summed E-state index contributed by atoms with van der Waals surface area (Å²) in [6, 6.07) is 8.32. The summed E-state index contributed by atoms with van der Waals surface area (Å²) in [6.45, 7) is 9.26. The van der Waals surface area contributed by atoms with Crippen molar-refractivity contribution in [2.24, 2.45) is 4.99 Å². The fraction of sp³-hybridized carbons (Fsp3) is 0.444. The van der Waals surface area contributed by atoms with E-state index in [0.29, 0.717) is 18.1 Å². The minimum absolute atomic E-state index is 0.144. The van der Waals surface area contributed by atoms with Crippen LogP contribution in [0.2, 0.25) is 0 Å². The van der Waals surface area contributed by atoms with Gasteiger partial charge in [0.1, 0.15) is 0 Å². The van der Waals surface area contributed by atoms with Crippen LogP contribution >= 0.6 is 11.8 Å². The maximum atomic E-state index is 12.2. The van der Waals surface area contributed by atoms with Crippen molar-refractivity contribution in [1.29, 1.82) is 0 Å². The van der Waals surface area contributed by atoms with Crippen LogP contribution in [0.25, 0.3) is 6.08 Å². The number of carbonyl (C=O) groups is 1. The molecule has 0 unspecified atom stereocenters. The van der Waals surface area contributed by atoms with Crippen LogP contribution in [-0.4, -0.2) is 55.4 Å². The Morgan fingerprint density at radius 1 is 1.21 bits per heavy atom. The third-order valence-corrected chi connectivity index (χ3v) is 5.25. The van der Waals surface area contributed by atoms with E-state index in [1.165, 1.54) is 17.4 Å². The van der Waals surface area contributed by atoms with Crippen LogP contribution in [0.1, 0.15) is 19.4 Å². The van der Waals surface area contributed by atoms with E-state index in [1.54, 1.807) is 0 Å². The summed E-state index contributed by atoms with van der Waals surface area (Å²) in [7, 11) is 0. The van der Waals surface area contributed by atoms with Crippen LogP contribution in [0.15, 0.2) is 34.2 Å². The molecule has 3 rings (SSSR count). The summed E-state index contributed by atoms with van der Waals surface area (Å²) in [5, 5.41) is 0.800. The molecule has 0 saturated carbocycles. The van der Waals surface area contributed by atoms with E-state index in [2.05, 4.69) is 52.9 Å². The van der Waals surface area contributed by atoms with Gasteiger partial charge in [0.25, 0.3) is 5.91 Å². The van der Waals surface area contributed by atoms with Crippen molar-refractivity contribution in [3.05, 3.63) is 34.7 Å². The summed E-state index contributed by atoms with van der Waals surface area (Å²) < 4.78 is 5.35. The van der Waals surface area contributed by atoms with Gasteiger partial charge in [0.15, 0.2) is 5.17 Å². The van der Waals surface area contributed by atoms with Gasteiger partial charge in [0.2, 0.25) is 0 Å². The van der Waals surface area contributed by atoms with Crippen LogP contribution in [0.3, 0.4) is 0 Å². The lowest BCUT2D eigenvalue weighted by Gasteiger charge is -2.27. The average molecular weight is 345 g/mol. The van der Waals surface area contributed by atoms with Crippen molar-refractivity contribution in [3.8, 4) is 0 Å². The smallest absolute Gasteiger partial charge is 0.286 e. The van der Waals surface area contributed by atoms with E-state index in [9.17, 15) is 4.79 Å². The molecular formula is C18H23N3O2S. The van der Waals surface area contributed by atoms with Crippen LogP contribution in [0.4, 0.5) is 5.69 Å². The molecule has 5 nitrogen and oxygen atoms in total. The number of amidine groups is 1. The van der Waals surface area contributed by atoms with Crippen LogP contribution in [0, 0.1) is 0 Å². The zero-order valence-corrected chi connectivity index (χ0v) is 15.0. The number of benzene rings is 1. The van der Waals surface area contributed by atoms with Crippen molar-refractivity contribution in [1.82, 2.24) is 4.90 Å². The first-order valence-electron chi connectivity index (χ1n) is 8.41. The minimum Gasteiger partial charge on any atom is -0.378 e. The lowest BCUT2D eigenvalue weighted by Crippen LogP contribution is -2.38. The Labute approximate surface area is 147 Å². The number of aliphatic imine (C=N–C) groups is 1. The number of morpholine rings is 1. The van der Waals surface area contributed by atoms with Gasteiger partial charge in [-0.05, 0) is 49.4 Å². The van der Waals surface area contributed by atoms with Gasteiger partial charge in [-0.15, -0.1) is 0 Å². The van der Waals surface area contributed by atoms with Gasteiger partial charge in [0.05, 0.1) is 18.1 Å². The molecule has 1 saturated heterocycles. The van der Waals surface area contributed by atoms with E-state index in [1.807, 2.05) is 6.08 Å². The number of thioether (sulfide) groups is 1. The Balaban J connectivity index is 1.69. The molecule has 0 N–H and O–H groups in total. The summed E-state index contributed by atoms with van der Waals surface area (Å²) in [4.78, 5) is 21.5. The number of hydrogen-bond donors (Lipinski definition) is 0. The van der Waals surface area contributed by atoms with Gasteiger partial charge < -0.3 is 14.5 Å². The lowest BCUT2D eigenvalue weighted by molar-refractivity contribution is -0.113. The third-order valence-electron chi connectivity index (χ3n) is 4.21. The van der Waals surface area contributed by atoms with Gasteiger partial charge in [-0.2, -0.15) is 4.99 Å². The quantitative estimate of drug-likeness (QED) is 0.785. The van der Waals surface area contributed by atoms with Crippen LogP contribution in [-0.2, 0) is 9.53 Å². The highest BCUT2D eigenvalue weighted by Crippen LogP contribution is 2.30. The Bertz CT molecular complexity index is 645. The minimum atomic E-state index is -0.144. The predicted octanol–water partition coefficient (Wildman–Crippen LogP) is 2.84. The van der Waals surface area contributed by atoms with Crippen LogP contribution in [0.5, 0.6) is 0 Å². The van der Waals surface area contributed by atoms with E-state index >= 15 is 0 Å². The SMILES string of the molecule is CCN(CC)c1ccc(C=C2SC(N3CCOCC3)=NC2=O)cc1. The zero-order valence-electron chi connectivity index (χ0n) is 14.2. The Kier molecular flexibility index (Phi) is 5.58. The van der Waals surface area contributed by atoms with E-state index < -0.39 is 0 Å². The highest BCUT2D eigenvalue weighted by Gasteiger charge is 2.27. The normalized spacial score (nSPS) is 19.8. The van der Waals surface area contributed by atoms with Gasteiger partial charge in [-0.1, -0.05) is 12.1 Å². The first-order valence-corrected chi connectivity index (χ1v) is 9.23. The number of carbonyl (C=O) groups excluding carboxylic acids is 1. The summed E-state index contributed by atoms with van der Waals surface area (Å²) in [6.07, 6.45) is 1.93. The van der Waals surface area contributed by atoms with Crippen molar-refractivity contribution < 1.29 is 9.53 Å². The summed E-state index contributed by atoms with van der Waals surface area (Å²) in [5.41, 5.74) is 2.23. The number of ether oxygens (including phenoxy) is 1. The standard InChI is InChI=1S/C18H23N3O2S/c1-3-20(4-2)15-7-5-14(6-8-15)13-16-17(22)19-18(24-16)21-9-11-23-12-10-21/h5-8,13H,3-4,9-12H2,1-2H3. The Morgan fingerprint density at radius 3 is 2.50 bits per heavy atom. The lowest BCUT2D eigenvalue weighted by atomic mass is 10.2. The van der Waals surface area contributed by atoms with E-state index in [-0.39, 0.29) is 5.91 Å². The molecule has 1 aromatic rings. The molecule has 1 aromatic carbocycles. The summed E-state index contributed by atoms with van der Waals surface area (Å²) >= 11 is 1.46. The maximum absolute atomic E-state index is 12.2. The second-order valence-electron chi connectivity index (χ2n) is 5.67. The topological polar surface area (TPSA) is 45.1 Å². The molecule has 0 bridgehead atoms. The first kappa shape index (κ1) is 17.0. The maximum Gasteiger partial charge on any atom is 0.286 e. The highest BCUT2D eigenvalue weighted by atomic mass is 32.2. The average Bonchev–Trinajstić information content (AvgIpc) is 2.99. The first-order chi connectivity index (χ1) is 11.7. The molecule has 6 heteroatoms. The van der Waals surface area contributed by atoms with Crippen molar-refractivity contribution >= 4 is 34.6 Å². The number of nitrogens with zero attached hydrogens (tertiary/aromatic N) is 3. The van der Waals surface area contributed by atoms with E-state index in [0.717, 1.165) is 36.9 Å². The molecule has 2 heterocycles. The molecule has 24 heavy (non-hydrogen) atoms. The third kappa shape index (κ3) is 3.82. The molecule has 1 fully saturated rings. The molecular weight excluding hydrogens is 322 g/mol. The molecule has 1 amide bonds. The Hall–Kier alpha value is -1.79. The molecule has 0 spiro atoms. The molecule has 2 aliphatic rings. The Morgan fingerprint density at radius 2 is 1.88 bits per heavy atom. The zero-order chi connectivity index (χ0) is 16.9. The molecule has 2 aliphatic heterocycles. The highest BCUT2D eigenvalue weighted by molar-refractivity contribution is 8.18. The van der Waals surface area contributed by atoms with Crippen LogP contribution < -0.4 is 4.90 Å². The monoisotopic (exact) mass is 345 g/mol. The summed E-state index contributed by atoms with van der Waals surface area (Å²) in [5.74, 6) is -0.144. The number of hydrogen-bond acceptors (Lipinski definition) is 5. The number of anilines is 1. The predicted molar refractivity (Wildman–Crippen MR) is 100 cm³/mol. The second-order valence-corrected chi connectivity index (χ2v) is 6.68. The molecule has 128 valence electrons. The molecule has 0 aromatic heterocycles. The van der Waals surface area contributed by atoms with Gasteiger partial charge in [0, 0.05) is 31.9 Å². The second kappa shape index (κ2) is 7.85. The van der Waals surface area contributed by atoms with Gasteiger partial charge in [-0.3, -0.25) is 4.79 Å². The molecule has 0 aliphatic carbocycles. The number of amides is 1. The van der Waals surface area contributed by atoms with Gasteiger partial charge in [-0.25, -0.2) is 0 Å². The van der Waals surface area contributed by atoms with Crippen molar-refractivity contribution in [2.75, 3.05) is 44.3 Å². The fourth-order valence-electron chi connectivity index (χ4n) is 2.81. The fourth-order valence-corrected chi connectivity index (χ4v) is 3.77. The largest absolute Gasteiger partial charge is 0.378 e. The van der Waals surface area contributed by atoms with Crippen molar-refractivity contribution in [3.63, 3.8) is 0 Å². The molecule has 0 radical (unpaired) electrons. The van der Waals surface area contributed by atoms with E-state index in [4.69, 9.17) is 4.74 Å².